The van der Waals surface area contributed by atoms with Crippen molar-refractivity contribution in [2.75, 3.05) is 11.8 Å². The van der Waals surface area contributed by atoms with Gasteiger partial charge in [0.1, 0.15) is 11.6 Å². The summed E-state index contributed by atoms with van der Waals surface area (Å²) in [4.78, 5) is 4.01. The van der Waals surface area contributed by atoms with E-state index < -0.39 is 10.0 Å². The fourth-order valence-electron chi connectivity index (χ4n) is 1.58. The lowest BCUT2D eigenvalue weighted by Crippen LogP contribution is -2.14. The first-order chi connectivity index (χ1) is 8.94. The third-order valence-corrected chi connectivity index (χ3v) is 3.95. The predicted octanol–water partition coefficient (Wildman–Crippen LogP) is 1.54. The van der Waals surface area contributed by atoms with Gasteiger partial charge in [-0.2, -0.15) is 8.42 Å². The number of rotatable bonds is 4. The van der Waals surface area contributed by atoms with Crippen molar-refractivity contribution < 1.29 is 13.2 Å². The average Bonchev–Trinajstić information content (AvgIpc) is 2.71. The number of hydrogen-bond acceptors (Lipinski definition) is 4. The number of sulfonamides is 1. The summed E-state index contributed by atoms with van der Waals surface area (Å²) in [5, 5.41) is -0.0154. The van der Waals surface area contributed by atoms with E-state index in [2.05, 4.69) is 9.71 Å². The molecule has 6 nitrogen and oxygen atoms in total. The number of ether oxygens (including phenoxy) is 1. The molecule has 0 fully saturated rings. The molecule has 0 saturated heterocycles. The van der Waals surface area contributed by atoms with Crippen LogP contribution >= 0.6 is 0 Å². The van der Waals surface area contributed by atoms with Gasteiger partial charge < -0.3 is 9.30 Å². The van der Waals surface area contributed by atoms with Gasteiger partial charge in [0.2, 0.25) is 0 Å². The Bertz CT molecular complexity index is 672. The molecule has 2 aromatic rings. The molecule has 0 aliphatic rings. The van der Waals surface area contributed by atoms with Crippen LogP contribution in [0.2, 0.25) is 0 Å². The second kappa shape index (κ2) is 4.93. The minimum Gasteiger partial charge on any atom is -0.495 e. The zero-order valence-electron chi connectivity index (χ0n) is 10.9. The molecule has 0 aliphatic carbocycles. The Morgan fingerprint density at radius 2 is 2.00 bits per heavy atom. The van der Waals surface area contributed by atoms with Gasteiger partial charge in [0.05, 0.1) is 12.8 Å². The summed E-state index contributed by atoms with van der Waals surface area (Å²) in [6.07, 6.45) is 1.47. The number of aryl methyl sites for hydroxylation is 2. The first-order valence-electron chi connectivity index (χ1n) is 5.60. The molecule has 1 heterocycles. The second-order valence-corrected chi connectivity index (χ2v) is 5.67. The van der Waals surface area contributed by atoms with E-state index in [9.17, 15) is 8.42 Å². The Balaban J connectivity index is 2.36. The highest BCUT2D eigenvalue weighted by Crippen LogP contribution is 2.25. The molecule has 0 saturated carbocycles. The Labute approximate surface area is 112 Å². The number of benzene rings is 1. The van der Waals surface area contributed by atoms with Crippen molar-refractivity contribution in [1.29, 1.82) is 0 Å². The van der Waals surface area contributed by atoms with E-state index in [1.165, 1.54) is 13.3 Å². The highest BCUT2D eigenvalue weighted by Gasteiger charge is 2.19. The summed E-state index contributed by atoms with van der Waals surface area (Å²) in [5.41, 5.74) is 0.383. The molecular formula is C12H15N3O3S. The minimum absolute atomic E-state index is 0.0154. The van der Waals surface area contributed by atoms with Gasteiger partial charge in [-0.25, -0.2) is 4.98 Å². The molecule has 102 valence electrons. The molecule has 0 radical (unpaired) electrons. The topological polar surface area (TPSA) is 73.2 Å². The second-order valence-electron chi connectivity index (χ2n) is 4.04. The maximum absolute atomic E-state index is 12.2. The predicted molar refractivity (Wildman–Crippen MR) is 71.7 cm³/mol. The van der Waals surface area contributed by atoms with Crippen LogP contribution in [0.25, 0.3) is 0 Å². The van der Waals surface area contributed by atoms with Crippen molar-refractivity contribution in [3.05, 3.63) is 36.3 Å². The van der Waals surface area contributed by atoms with E-state index >= 15 is 0 Å². The molecule has 0 amide bonds. The number of nitrogens with one attached hydrogen (secondary N) is 1. The summed E-state index contributed by atoms with van der Waals surface area (Å²) in [6.45, 7) is 1.74. The van der Waals surface area contributed by atoms with Crippen molar-refractivity contribution in [3.63, 3.8) is 0 Å². The van der Waals surface area contributed by atoms with Crippen LogP contribution in [-0.2, 0) is 17.1 Å². The van der Waals surface area contributed by atoms with Gasteiger partial charge in [0, 0.05) is 13.2 Å². The lowest BCUT2D eigenvalue weighted by Gasteiger charge is -2.09. The van der Waals surface area contributed by atoms with E-state index in [-0.39, 0.29) is 5.03 Å². The first-order valence-corrected chi connectivity index (χ1v) is 7.08. The lowest BCUT2D eigenvalue weighted by molar-refractivity contribution is 0.417. The largest absolute Gasteiger partial charge is 0.495 e. The van der Waals surface area contributed by atoms with E-state index in [0.717, 1.165) is 0 Å². The van der Waals surface area contributed by atoms with Crippen LogP contribution < -0.4 is 9.46 Å². The van der Waals surface area contributed by atoms with E-state index in [4.69, 9.17) is 4.74 Å². The van der Waals surface area contributed by atoms with Gasteiger partial charge in [-0.3, -0.25) is 4.72 Å². The first kappa shape index (κ1) is 13.4. The Morgan fingerprint density at radius 3 is 2.58 bits per heavy atom. The van der Waals surface area contributed by atoms with Gasteiger partial charge in [-0.05, 0) is 19.1 Å². The van der Waals surface area contributed by atoms with Gasteiger partial charge in [0.25, 0.3) is 10.0 Å². The minimum atomic E-state index is -3.71. The van der Waals surface area contributed by atoms with Crippen molar-refractivity contribution in [2.45, 2.75) is 11.9 Å². The van der Waals surface area contributed by atoms with E-state index in [1.54, 1.807) is 42.8 Å². The van der Waals surface area contributed by atoms with Crippen LogP contribution in [0, 0.1) is 6.92 Å². The van der Waals surface area contributed by atoms with E-state index in [0.29, 0.717) is 17.3 Å². The van der Waals surface area contributed by atoms with Gasteiger partial charge in [0.15, 0.2) is 5.03 Å². The number of aromatic nitrogens is 2. The van der Waals surface area contributed by atoms with Crippen molar-refractivity contribution in [3.8, 4) is 5.75 Å². The Kier molecular flexibility index (Phi) is 3.48. The van der Waals surface area contributed by atoms with E-state index in [1.807, 2.05) is 0 Å². The number of nitrogens with zero attached hydrogens (tertiary/aromatic N) is 2. The molecule has 0 aliphatic heterocycles. The van der Waals surface area contributed by atoms with Crippen molar-refractivity contribution >= 4 is 15.7 Å². The van der Waals surface area contributed by atoms with Crippen LogP contribution in [0.1, 0.15) is 5.82 Å². The fraction of sp³-hybridized carbons (Fsp3) is 0.250. The van der Waals surface area contributed by atoms with Crippen LogP contribution in [0.15, 0.2) is 35.5 Å². The van der Waals surface area contributed by atoms with Crippen LogP contribution in [0.3, 0.4) is 0 Å². The summed E-state index contributed by atoms with van der Waals surface area (Å²) < 4.78 is 33.6. The number of hydrogen-bond donors (Lipinski definition) is 1. The number of para-hydroxylation sites is 2. The molecule has 7 heteroatoms. The molecule has 2 rings (SSSR count). The van der Waals surface area contributed by atoms with Crippen molar-refractivity contribution in [2.24, 2.45) is 7.05 Å². The van der Waals surface area contributed by atoms with Crippen LogP contribution in [0.5, 0.6) is 5.75 Å². The number of methoxy groups -OCH3 is 1. The molecule has 0 unspecified atom stereocenters. The average molecular weight is 281 g/mol. The van der Waals surface area contributed by atoms with Gasteiger partial charge >= 0.3 is 0 Å². The van der Waals surface area contributed by atoms with Crippen molar-refractivity contribution in [1.82, 2.24) is 9.55 Å². The monoisotopic (exact) mass is 281 g/mol. The molecule has 0 atom stereocenters. The third kappa shape index (κ3) is 2.70. The highest BCUT2D eigenvalue weighted by molar-refractivity contribution is 7.92. The zero-order chi connectivity index (χ0) is 14.0. The molecule has 1 aromatic heterocycles. The quantitative estimate of drug-likeness (QED) is 0.922. The summed E-state index contributed by atoms with van der Waals surface area (Å²) in [7, 11) is -0.485. The Morgan fingerprint density at radius 1 is 1.32 bits per heavy atom. The third-order valence-electron chi connectivity index (χ3n) is 2.71. The molecule has 0 spiro atoms. The number of anilines is 1. The van der Waals surface area contributed by atoms with Gasteiger partial charge in [-0.15, -0.1) is 0 Å². The van der Waals surface area contributed by atoms with Gasteiger partial charge in [-0.1, -0.05) is 12.1 Å². The standard InChI is InChI=1S/C12H15N3O3S/c1-9-13-12(8-15(9)2)19(16,17)14-10-6-4-5-7-11(10)18-3/h4-8,14H,1-3H3. The molecule has 1 aromatic carbocycles. The summed E-state index contributed by atoms with van der Waals surface area (Å²) >= 11 is 0. The van der Waals surface area contributed by atoms with Crippen LogP contribution in [0.4, 0.5) is 5.69 Å². The smallest absolute Gasteiger partial charge is 0.281 e. The fourth-order valence-corrected chi connectivity index (χ4v) is 2.69. The maximum Gasteiger partial charge on any atom is 0.281 e. The SMILES string of the molecule is COc1ccccc1NS(=O)(=O)c1cn(C)c(C)n1. The van der Waals surface area contributed by atoms with Crippen LogP contribution in [-0.4, -0.2) is 25.1 Å². The highest BCUT2D eigenvalue weighted by atomic mass is 32.2. The number of imidazole rings is 1. The molecular weight excluding hydrogens is 266 g/mol. The Hall–Kier alpha value is -2.02. The molecule has 1 N–H and O–H groups in total. The normalized spacial score (nSPS) is 11.3. The molecule has 0 bridgehead atoms. The maximum atomic E-state index is 12.2. The zero-order valence-corrected chi connectivity index (χ0v) is 11.7. The molecule has 19 heavy (non-hydrogen) atoms. The lowest BCUT2D eigenvalue weighted by atomic mass is 10.3. The summed E-state index contributed by atoms with van der Waals surface area (Å²) in [5.74, 6) is 1.08. The summed E-state index contributed by atoms with van der Waals surface area (Å²) in [6, 6.07) is 6.80.